The minimum atomic E-state index is 0.682. The minimum Gasteiger partial charge on any atom is -0.384 e. The summed E-state index contributed by atoms with van der Waals surface area (Å²) in [6, 6.07) is 15.8. The molecule has 0 heterocycles. The van der Waals surface area contributed by atoms with Crippen molar-refractivity contribution in [2.24, 2.45) is 0 Å². The normalized spacial score (nSPS) is 9.95. The van der Waals surface area contributed by atoms with E-state index < -0.39 is 0 Å². The zero-order chi connectivity index (χ0) is 13.7. The highest BCUT2D eigenvalue weighted by Gasteiger charge is 2.01. The van der Waals surface area contributed by atoms with E-state index in [2.05, 4.69) is 11.4 Å². The quantitative estimate of drug-likeness (QED) is 0.905. The Balaban J connectivity index is 1.98. The van der Waals surface area contributed by atoms with Gasteiger partial charge in [0, 0.05) is 11.6 Å². The average molecular weight is 271 g/mol. The molecule has 0 spiro atoms. The van der Waals surface area contributed by atoms with Crippen LogP contribution in [0.3, 0.4) is 0 Å². The number of nitrogens with one attached hydrogen (secondary N) is 1. The molecule has 2 rings (SSSR count). The largest absolute Gasteiger partial charge is 0.384 e. The number of rotatable bonds is 4. The van der Waals surface area contributed by atoms with Crippen molar-refractivity contribution in [1.82, 2.24) is 0 Å². The van der Waals surface area contributed by atoms with Crippen LogP contribution in [0.25, 0.3) is 0 Å². The third kappa shape index (κ3) is 3.74. The Kier molecular flexibility index (Phi) is 4.43. The zero-order valence-corrected chi connectivity index (χ0v) is 11.5. The fourth-order valence-corrected chi connectivity index (χ4v) is 2.02. The Bertz CT molecular complexity index is 597. The van der Waals surface area contributed by atoms with Gasteiger partial charge in [0.15, 0.2) is 0 Å². The van der Waals surface area contributed by atoms with Crippen molar-refractivity contribution in [1.29, 1.82) is 5.26 Å². The SMILES string of the molecule is Cc1ccc(C#N)c(NCCc2ccc(Cl)cc2)c1. The number of nitrogens with zero attached hydrogens (tertiary/aromatic N) is 1. The van der Waals surface area contributed by atoms with E-state index in [0.717, 1.165) is 29.2 Å². The van der Waals surface area contributed by atoms with Crippen LogP contribution in [0.2, 0.25) is 5.02 Å². The lowest BCUT2D eigenvalue weighted by Crippen LogP contribution is -2.06. The second-order valence-corrected chi connectivity index (χ2v) is 4.90. The second kappa shape index (κ2) is 6.26. The lowest BCUT2D eigenvalue weighted by Gasteiger charge is -2.09. The maximum atomic E-state index is 9.05. The standard InChI is InChI=1S/C16H15ClN2/c1-12-2-5-14(11-18)16(10-12)19-9-8-13-3-6-15(17)7-4-13/h2-7,10,19H,8-9H2,1H3. The summed E-state index contributed by atoms with van der Waals surface area (Å²) in [6.07, 6.45) is 0.899. The summed E-state index contributed by atoms with van der Waals surface area (Å²) in [5.41, 5.74) is 3.95. The molecule has 0 unspecified atom stereocenters. The summed E-state index contributed by atoms with van der Waals surface area (Å²) in [4.78, 5) is 0. The van der Waals surface area contributed by atoms with Gasteiger partial charge in [-0.2, -0.15) is 5.26 Å². The molecular weight excluding hydrogens is 256 g/mol. The smallest absolute Gasteiger partial charge is 0.101 e. The van der Waals surface area contributed by atoms with Crippen LogP contribution in [0, 0.1) is 18.3 Å². The summed E-state index contributed by atoms with van der Waals surface area (Å²) in [7, 11) is 0. The van der Waals surface area contributed by atoms with Gasteiger partial charge >= 0.3 is 0 Å². The van der Waals surface area contributed by atoms with Crippen LogP contribution in [-0.4, -0.2) is 6.54 Å². The van der Waals surface area contributed by atoms with Gasteiger partial charge in [-0.05, 0) is 48.7 Å². The molecule has 2 aromatic rings. The maximum absolute atomic E-state index is 9.05. The Labute approximate surface area is 118 Å². The number of halogens is 1. The zero-order valence-electron chi connectivity index (χ0n) is 10.8. The van der Waals surface area contributed by atoms with Gasteiger partial charge in [-0.3, -0.25) is 0 Å². The van der Waals surface area contributed by atoms with E-state index in [9.17, 15) is 0 Å². The highest BCUT2D eigenvalue weighted by atomic mass is 35.5. The molecule has 0 saturated carbocycles. The molecule has 0 aliphatic heterocycles. The second-order valence-electron chi connectivity index (χ2n) is 4.46. The maximum Gasteiger partial charge on any atom is 0.101 e. The first-order valence-corrected chi connectivity index (χ1v) is 6.56. The van der Waals surface area contributed by atoms with Crippen molar-refractivity contribution in [2.75, 3.05) is 11.9 Å². The predicted octanol–water partition coefficient (Wildman–Crippen LogP) is 4.17. The molecule has 0 saturated heterocycles. The van der Waals surface area contributed by atoms with Crippen LogP contribution in [0.4, 0.5) is 5.69 Å². The molecule has 0 aliphatic carbocycles. The Morgan fingerprint density at radius 2 is 1.89 bits per heavy atom. The van der Waals surface area contributed by atoms with E-state index in [4.69, 9.17) is 16.9 Å². The highest BCUT2D eigenvalue weighted by molar-refractivity contribution is 6.30. The number of aryl methyl sites for hydroxylation is 1. The monoisotopic (exact) mass is 270 g/mol. The van der Waals surface area contributed by atoms with Gasteiger partial charge < -0.3 is 5.32 Å². The number of hydrogen-bond acceptors (Lipinski definition) is 2. The van der Waals surface area contributed by atoms with E-state index in [1.54, 1.807) is 0 Å². The first kappa shape index (κ1) is 13.5. The predicted molar refractivity (Wildman–Crippen MR) is 79.5 cm³/mol. The molecule has 2 nitrogen and oxygen atoms in total. The topological polar surface area (TPSA) is 35.8 Å². The summed E-state index contributed by atoms with van der Waals surface area (Å²) >= 11 is 5.85. The molecular formula is C16H15ClN2. The fourth-order valence-electron chi connectivity index (χ4n) is 1.89. The van der Waals surface area contributed by atoms with Crippen molar-refractivity contribution in [3.8, 4) is 6.07 Å². The van der Waals surface area contributed by atoms with Crippen molar-refractivity contribution < 1.29 is 0 Å². The van der Waals surface area contributed by atoms with Crippen molar-refractivity contribution in [3.05, 3.63) is 64.2 Å². The van der Waals surface area contributed by atoms with E-state index in [-0.39, 0.29) is 0 Å². The third-order valence-corrected chi connectivity index (χ3v) is 3.19. The molecule has 3 heteroatoms. The summed E-state index contributed by atoms with van der Waals surface area (Å²) in [5, 5.41) is 13.1. The molecule has 0 bridgehead atoms. The number of anilines is 1. The van der Waals surface area contributed by atoms with E-state index in [1.165, 1.54) is 5.56 Å². The third-order valence-electron chi connectivity index (χ3n) is 2.94. The van der Waals surface area contributed by atoms with Crippen molar-refractivity contribution in [2.45, 2.75) is 13.3 Å². The highest BCUT2D eigenvalue weighted by Crippen LogP contribution is 2.17. The van der Waals surface area contributed by atoms with Crippen LogP contribution in [0.1, 0.15) is 16.7 Å². The lowest BCUT2D eigenvalue weighted by molar-refractivity contribution is 1.02. The molecule has 1 N–H and O–H groups in total. The molecule has 0 atom stereocenters. The number of benzene rings is 2. The average Bonchev–Trinajstić information content (AvgIpc) is 2.41. The van der Waals surface area contributed by atoms with Crippen LogP contribution in [-0.2, 0) is 6.42 Å². The van der Waals surface area contributed by atoms with Crippen molar-refractivity contribution >= 4 is 17.3 Å². The van der Waals surface area contributed by atoms with Crippen LogP contribution < -0.4 is 5.32 Å². The summed E-state index contributed by atoms with van der Waals surface area (Å²) < 4.78 is 0. The molecule has 0 fully saturated rings. The Hall–Kier alpha value is -1.98. The summed E-state index contributed by atoms with van der Waals surface area (Å²) in [6.45, 7) is 2.81. The lowest BCUT2D eigenvalue weighted by atomic mass is 10.1. The van der Waals surface area contributed by atoms with E-state index in [0.29, 0.717) is 5.56 Å². The van der Waals surface area contributed by atoms with Gasteiger partial charge in [-0.15, -0.1) is 0 Å². The summed E-state index contributed by atoms with van der Waals surface area (Å²) in [5.74, 6) is 0. The van der Waals surface area contributed by atoms with Gasteiger partial charge in [0.1, 0.15) is 6.07 Å². The van der Waals surface area contributed by atoms with Crippen LogP contribution >= 0.6 is 11.6 Å². The van der Waals surface area contributed by atoms with E-state index in [1.807, 2.05) is 49.4 Å². The fraction of sp³-hybridized carbons (Fsp3) is 0.188. The van der Waals surface area contributed by atoms with Gasteiger partial charge in [-0.25, -0.2) is 0 Å². The molecule has 96 valence electrons. The first-order chi connectivity index (χ1) is 9.19. The van der Waals surface area contributed by atoms with Crippen LogP contribution in [0.15, 0.2) is 42.5 Å². The Morgan fingerprint density at radius 3 is 2.58 bits per heavy atom. The minimum absolute atomic E-state index is 0.682. The molecule has 2 aromatic carbocycles. The van der Waals surface area contributed by atoms with Gasteiger partial charge in [0.25, 0.3) is 0 Å². The first-order valence-electron chi connectivity index (χ1n) is 6.18. The molecule has 0 aliphatic rings. The molecule has 19 heavy (non-hydrogen) atoms. The van der Waals surface area contributed by atoms with E-state index >= 15 is 0 Å². The number of nitriles is 1. The van der Waals surface area contributed by atoms with Gasteiger partial charge in [0.2, 0.25) is 0 Å². The Morgan fingerprint density at radius 1 is 1.16 bits per heavy atom. The van der Waals surface area contributed by atoms with Gasteiger partial charge in [0.05, 0.1) is 11.3 Å². The molecule has 0 amide bonds. The van der Waals surface area contributed by atoms with Crippen molar-refractivity contribution in [3.63, 3.8) is 0 Å². The number of hydrogen-bond donors (Lipinski definition) is 1. The van der Waals surface area contributed by atoms with Crippen LogP contribution in [0.5, 0.6) is 0 Å². The van der Waals surface area contributed by atoms with Gasteiger partial charge in [-0.1, -0.05) is 29.8 Å². The molecule has 0 radical (unpaired) electrons. The molecule has 0 aromatic heterocycles.